The molecule has 0 radical (unpaired) electrons. The summed E-state index contributed by atoms with van der Waals surface area (Å²) in [6.45, 7) is 1.85. The Morgan fingerprint density at radius 1 is 1.46 bits per heavy atom. The average molecular weight is 233 g/mol. The molecule has 13 heavy (non-hydrogen) atoms. The molecule has 0 fully saturated rings. The Labute approximate surface area is 107 Å². The van der Waals surface area contributed by atoms with Crippen LogP contribution < -0.4 is 52.1 Å². The largest absolute Gasteiger partial charge is 1.00 e. The van der Waals surface area contributed by atoms with Gasteiger partial charge in [-0.1, -0.05) is 0 Å². The van der Waals surface area contributed by atoms with Crippen molar-refractivity contribution >= 4 is 10.0 Å². The number of nitrogens with one attached hydrogen (secondary N) is 1. The first-order valence-electron chi connectivity index (χ1n) is 3.01. The molecule has 0 aliphatic rings. The van der Waals surface area contributed by atoms with Gasteiger partial charge in [-0.25, -0.2) is 18.5 Å². The van der Waals surface area contributed by atoms with Crippen molar-refractivity contribution in [1.82, 2.24) is 0 Å². The maximum atomic E-state index is 10.7. The minimum atomic E-state index is -3.58. The molecule has 0 bridgehead atoms. The topological polar surface area (TPSA) is 74.3 Å². The number of hydrogen-bond donors (Lipinski definition) is 1. The molecule has 0 aliphatic carbocycles. The third-order valence-corrected chi connectivity index (χ3v) is 2.11. The third-order valence-electron chi connectivity index (χ3n) is 1.25. The minimum absolute atomic E-state index is 0. The molecule has 0 aliphatic heterocycles. The van der Waals surface area contributed by atoms with Crippen LogP contribution in [0.2, 0.25) is 0 Å². The van der Waals surface area contributed by atoms with Crippen LogP contribution in [0.1, 0.15) is 6.99 Å². The van der Waals surface area contributed by atoms with Crippen LogP contribution >= 0.6 is 0 Å². The van der Waals surface area contributed by atoms with E-state index in [1.807, 2.05) is 6.92 Å². The van der Waals surface area contributed by atoms with E-state index in [0.717, 1.165) is 5.56 Å². The summed E-state index contributed by atoms with van der Waals surface area (Å²) in [5, 5.41) is 4.88. The molecule has 1 aromatic heterocycles. The van der Waals surface area contributed by atoms with E-state index in [2.05, 4.69) is 4.98 Å². The summed E-state index contributed by atoms with van der Waals surface area (Å²) >= 11 is 0. The van der Waals surface area contributed by atoms with E-state index < -0.39 is 10.0 Å². The Balaban J connectivity index is -0.000000403. The predicted molar refractivity (Wildman–Crippen MR) is 40.2 cm³/mol. The second kappa shape index (κ2) is 5.95. The van der Waals surface area contributed by atoms with Gasteiger partial charge in [-0.3, -0.25) is 0 Å². The van der Waals surface area contributed by atoms with Gasteiger partial charge in [0.2, 0.25) is 0 Å². The fraction of sp³-hybridized carbons (Fsp3) is 0.167. The zero-order chi connectivity index (χ0) is 8.48. The van der Waals surface area contributed by atoms with Crippen molar-refractivity contribution in [2.45, 2.75) is 11.9 Å². The number of H-pyrrole nitrogens is 1. The molecule has 1 heterocycles. The maximum absolute atomic E-state index is 10.7. The van der Waals surface area contributed by atoms with Gasteiger partial charge in [0, 0.05) is 11.6 Å². The predicted octanol–water partition coefficient (Wildman–Crippen LogP) is -6.42. The van der Waals surface area contributed by atoms with Crippen molar-refractivity contribution in [3.63, 3.8) is 0 Å². The fourth-order valence-electron chi connectivity index (χ4n) is 0.665. The Hall–Kier alpha value is 0.350. The Morgan fingerprint density at radius 2 is 2.00 bits per heavy atom. The summed E-state index contributed by atoms with van der Waals surface area (Å²) in [4.78, 5) is 2.56. The van der Waals surface area contributed by atoms with E-state index in [-0.39, 0.29) is 48.4 Å². The van der Waals surface area contributed by atoms with Crippen LogP contribution in [0.4, 0.5) is 0 Å². The second-order valence-corrected chi connectivity index (χ2v) is 3.81. The molecule has 1 aromatic rings. The van der Waals surface area contributed by atoms with Crippen LogP contribution in [-0.4, -0.2) is 8.42 Å². The van der Waals surface area contributed by atoms with Gasteiger partial charge in [0.1, 0.15) is 0 Å². The van der Waals surface area contributed by atoms with Gasteiger partial charge >= 0.3 is 34.6 Å². The molecule has 0 amide bonds. The van der Waals surface area contributed by atoms with Crippen molar-refractivity contribution in [2.75, 3.05) is 0 Å². The summed E-state index contributed by atoms with van der Waals surface area (Å²) in [5.74, 6) is 0. The third kappa shape index (κ3) is 4.95. The molecular formula is C6H10ClN2NaO2S. The van der Waals surface area contributed by atoms with Crippen molar-refractivity contribution in [2.24, 2.45) is 5.14 Å². The number of sulfonamides is 1. The first-order chi connectivity index (χ1) is 5.00. The van der Waals surface area contributed by atoms with Gasteiger partial charge in [-0.15, -0.1) is 0 Å². The summed E-state index contributed by atoms with van der Waals surface area (Å²) in [6.07, 6.45) is 1.58. The van der Waals surface area contributed by atoms with Crippen molar-refractivity contribution in [1.29, 1.82) is 0 Å². The molecule has 7 heteroatoms. The zero-order valence-electron chi connectivity index (χ0n) is 8.41. The molecule has 4 nitrogen and oxygen atoms in total. The Bertz CT molecular complexity index is 357. The van der Waals surface area contributed by atoms with Crippen LogP contribution in [0.3, 0.4) is 0 Å². The quantitative estimate of drug-likeness (QED) is 0.489. The summed E-state index contributed by atoms with van der Waals surface area (Å²) < 4.78 is 21.4. The van der Waals surface area contributed by atoms with Crippen LogP contribution in [-0.2, 0) is 10.0 Å². The standard InChI is InChI=1S/C6H8N2O2S.ClH.Na.H/c1-5-2-3-6(8-4-5)11(7,9)10;;;/h2-4H,1H3,(H2,7,9,10);1H;;/q;;+1;-1. The van der Waals surface area contributed by atoms with Crippen molar-refractivity contribution in [3.8, 4) is 0 Å². The summed E-state index contributed by atoms with van der Waals surface area (Å²) in [7, 11) is -3.58. The molecule has 70 valence electrons. The van der Waals surface area contributed by atoms with Gasteiger partial charge in [0.15, 0.2) is 6.20 Å². The fourth-order valence-corrected chi connectivity index (χ4v) is 1.15. The summed E-state index contributed by atoms with van der Waals surface area (Å²) in [5.41, 5.74) is 0.956. The van der Waals surface area contributed by atoms with Crippen LogP contribution in [0.15, 0.2) is 23.4 Å². The SMILES string of the molecule is Cc1ccc(S(N)(=O)=O)[nH+]c1.[Cl-].[H-].[Na+]. The van der Waals surface area contributed by atoms with E-state index in [9.17, 15) is 8.42 Å². The molecular weight excluding hydrogens is 223 g/mol. The number of pyridine rings is 1. The number of aromatic amines is 1. The molecule has 0 aromatic carbocycles. The minimum Gasteiger partial charge on any atom is -1.00 e. The smallest absolute Gasteiger partial charge is 1.00 e. The van der Waals surface area contributed by atoms with Crippen LogP contribution in [0.5, 0.6) is 0 Å². The molecule has 0 spiro atoms. The van der Waals surface area contributed by atoms with Gasteiger partial charge in [-0.05, 0) is 13.0 Å². The normalized spacial score (nSPS) is 9.69. The first kappa shape index (κ1) is 15.8. The first-order valence-corrected chi connectivity index (χ1v) is 4.56. The molecule has 1 rings (SSSR count). The molecule has 0 unspecified atom stereocenters. The second-order valence-electron chi connectivity index (χ2n) is 2.28. The van der Waals surface area contributed by atoms with Gasteiger partial charge in [0.05, 0.1) is 0 Å². The molecule has 0 saturated carbocycles. The van der Waals surface area contributed by atoms with Gasteiger partial charge < -0.3 is 13.8 Å². The van der Waals surface area contributed by atoms with Crippen LogP contribution in [0.25, 0.3) is 0 Å². The van der Waals surface area contributed by atoms with Gasteiger partial charge in [0.25, 0.3) is 10.0 Å². The van der Waals surface area contributed by atoms with Gasteiger partial charge in [-0.2, -0.15) is 0 Å². The number of primary sulfonamides is 1. The van der Waals surface area contributed by atoms with E-state index in [0.29, 0.717) is 0 Å². The van der Waals surface area contributed by atoms with E-state index in [1.165, 1.54) is 6.07 Å². The molecule has 3 N–H and O–H groups in total. The number of aromatic nitrogens is 1. The number of aryl methyl sites for hydroxylation is 1. The number of halogens is 1. The number of hydrogen-bond acceptors (Lipinski definition) is 2. The van der Waals surface area contributed by atoms with E-state index in [1.54, 1.807) is 12.3 Å². The van der Waals surface area contributed by atoms with Crippen LogP contribution in [0, 0.1) is 6.92 Å². The molecule has 0 saturated heterocycles. The van der Waals surface area contributed by atoms with E-state index in [4.69, 9.17) is 5.14 Å². The van der Waals surface area contributed by atoms with Crippen molar-refractivity contribution in [3.05, 3.63) is 23.9 Å². The number of rotatable bonds is 1. The summed E-state index contributed by atoms with van der Waals surface area (Å²) in [6, 6.07) is 3.11. The monoisotopic (exact) mass is 232 g/mol. The molecule has 0 atom stereocenters. The van der Waals surface area contributed by atoms with E-state index >= 15 is 0 Å². The average Bonchev–Trinajstić information content (AvgIpc) is 1.86. The maximum Gasteiger partial charge on any atom is 1.00 e. The van der Waals surface area contributed by atoms with Crippen molar-refractivity contribution < 1.29 is 56.8 Å². The Kier molecular flexibility index (Phi) is 7.24. The zero-order valence-corrected chi connectivity index (χ0v) is 11.0. The Morgan fingerprint density at radius 3 is 2.31 bits per heavy atom. The number of nitrogens with two attached hydrogens (primary N) is 1.